The topological polar surface area (TPSA) is 90.3 Å². The van der Waals surface area contributed by atoms with E-state index in [1.54, 1.807) is 18.0 Å². The van der Waals surface area contributed by atoms with E-state index in [1.807, 2.05) is 6.07 Å². The van der Waals surface area contributed by atoms with Crippen molar-refractivity contribution in [2.45, 2.75) is 12.5 Å². The Morgan fingerprint density at radius 1 is 1.42 bits per heavy atom. The second kappa shape index (κ2) is 7.43. The van der Waals surface area contributed by atoms with Gasteiger partial charge in [-0.2, -0.15) is 5.26 Å². The van der Waals surface area contributed by atoms with Gasteiger partial charge in [-0.3, -0.25) is 4.79 Å². The Morgan fingerprint density at radius 2 is 2.12 bits per heavy atom. The molecule has 1 atom stereocenters. The summed E-state index contributed by atoms with van der Waals surface area (Å²) in [6.07, 6.45) is 1.83. The van der Waals surface area contributed by atoms with Crippen LogP contribution in [0.5, 0.6) is 0 Å². The van der Waals surface area contributed by atoms with Gasteiger partial charge in [0.15, 0.2) is 9.84 Å². The van der Waals surface area contributed by atoms with Gasteiger partial charge >= 0.3 is 0 Å². The standard InChI is InChI=1S/C15H15Cl2N3O3S/c1-20(12-4-5-24(22,23)9-12)8-10(7-18)15(21)19-11-2-3-13(16)14(17)6-11/h2-3,6,8,12H,4-5,9H2,1H3,(H,19,21)/b10-8-. The Bertz CT molecular complexity index is 831. The number of hydrogen-bond acceptors (Lipinski definition) is 5. The van der Waals surface area contributed by atoms with Crippen LogP contribution in [-0.4, -0.2) is 43.8 Å². The van der Waals surface area contributed by atoms with E-state index in [9.17, 15) is 18.5 Å². The second-order valence-corrected chi connectivity index (χ2v) is 8.50. The minimum absolute atomic E-state index is 0.0210. The maximum atomic E-state index is 12.2. The van der Waals surface area contributed by atoms with Gasteiger partial charge in [0.05, 0.1) is 21.6 Å². The summed E-state index contributed by atoms with van der Waals surface area (Å²) in [6.45, 7) is 0. The van der Waals surface area contributed by atoms with Gasteiger partial charge in [-0.25, -0.2) is 8.42 Å². The number of halogens is 2. The van der Waals surface area contributed by atoms with E-state index in [2.05, 4.69) is 5.32 Å². The molecule has 1 N–H and O–H groups in total. The number of hydrogen-bond donors (Lipinski definition) is 1. The Morgan fingerprint density at radius 3 is 2.67 bits per heavy atom. The molecule has 128 valence electrons. The molecule has 0 aliphatic carbocycles. The molecule has 6 nitrogen and oxygen atoms in total. The summed E-state index contributed by atoms with van der Waals surface area (Å²) >= 11 is 11.7. The van der Waals surface area contributed by atoms with Gasteiger partial charge < -0.3 is 10.2 Å². The van der Waals surface area contributed by atoms with Crippen molar-refractivity contribution < 1.29 is 13.2 Å². The van der Waals surface area contributed by atoms with E-state index in [0.29, 0.717) is 17.1 Å². The first-order valence-corrected chi connectivity index (χ1v) is 9.60. The van der Waals surface area contributed by atoms with Crippen LogP contribution in [0, 0.1) is 11.3 Å². The summed E-state index contributed by atoms with van der Waals surface area (Å²) in [6, 6.07) is 6.15. The Kier molecular flexibility index (Phi) is 5.75. The quantitative estimate of drug-likeness (QED) is 0.632. The van der Waals surface area contributed by atoms with Crippen molar-refractivity contribution in [1.82, 2.24) is 4.90 Å². The van der Waals surface area contributed by atoms with Crippen molar-refractivity contribution in [3.63, 3.8) is 0 Å². The van der Waals surface area contributed by atoms with Gasteiger partial charge in [-0.05, 0) is 24.6 Å². The summed E-state index contributed by atoms with van der Waals surface area (Å²) in [4.78, 5) is 13.8. The molecule has 2 rings (SSSR count). The third-order valence-corrected chi connectivity index (χ3v) is 6.15. The number of carbonyl (C=O) groups excluding carboxylic acids is 1. The molecule has 1 saturated heterocycles. The van der Waals surface area contributed by atoms with Crippen LogP contribution in [0.2, 0.25) is 10.0 Å². The molecule has 9 heteroatoms. The lowest BCUT2D eigenvalue weighted by Crippen LogP contribution is -2.29. The Labute approximate surface area is 150 Å². The van der Waals surface area contributed by atoms with Gasteiger partial charge in [0, 0.05) is 25.0 Å². The van der Waals surface area contributed by atoms with Crippen molar-refractivity contribution in [3.05, 3.63) is 40.0 Å². The van der Waals surface area contributed by atoms with Crippen LogP contribution in [0.1, 0.15) is 6.42 Å². The molecule has 0 aromatic heterocycles. The van der Waals surface area contributed by atoms with E-state index in [1.165, 1.54) is 18.3 Å². The van der Waals surface area contributed by atoms with Crippen molar-refractivity contribution in [2.75, 3.05) is 23.9 Å². The van der Waals surface area contributed by atoms with Crippen molar-refractivity contribution in [2.24, 2.45) is 0 Å². The average molecular weight is 388 g/mol. The van der Waals surface area contributed by atoms with Crippen LogP contribution in [0.4, 0.5) is 5.69 Å². The Balaban J connectivity index is 2.10. The first-order valence-electron chi connectivity index (χ1n) is 7.02. The summed E-state index contributed by atoms with van der Waals surface area (Å²) in [5.74, 6) is -0.469. The minimum Gasteiger partial charge on any atom is -0.375 e. The molecule has 24 heavy (non-hydrogen) atoms. The van der Waals surface area contributed by atoms with Gasteiger partial charge in [0.25, 0.3) is 5.91 Å². The zero-order valence-electron chi connectivity index (χ0n) is 12.8. The number of carbonyl (C=O) groups is 1. The van der Waals surface area contributed by atoms with Crippen LogP contribution < -0.4 is 5.32 Å². The number of nitrogens with zero attached hydrogens (tertiary/aromatic N) is 2. The highest BCUT2D eigenvalue weighted by molar-refractivity contribution is 7.91. The molecule has 1 fully saturated rings. The Hall–Kier alpha value is -1.75. The normalized spacial score (nSPS) is 19.6. The lowest BCUT2D eigenvalue weighted by molar-refractivity contribution is -0.112. The molecule has 1 amide bonds. The van der Waals surface area contributed by atoms with E-state index in [0.717, 1.165) is 0 Å². The van der Waals surface area contributed by atoms with Gasteiger partial charge in [-0.15, -0.1) is 0 Å². The molecule has 0 bridgehead atoms. The number of benzene rings is 1. The number of amides is 1. The molecular formula is C15H15Cl2N3O3S. The third-order valence-electron chi connectivity index (χ3n) is 3.66. The average Bonchev–Trinajstić information content (AvgIpc) is 2.88. The van der Waals surface area contributed by atoms with E-state index < -0.39 is 15.7 Å². The fourth-order valence-electron chi connectivity index (χ4n) is 2.32. The molecule has 0 radical (unpaired) electrons. The second-order valence-electron chi connectivity index (χ2n) is 5.46. The van der Waals surface area contributed by atoms with Crippen LogP contribution in [0.15, 0.2) is 30.0 Å². The molecule has 1 aromatic rings. The third kappa shape index (κ3) is 4.63. The molecule has 1 aliphatic rings. The predicted octanol–water partition coefficient (Wildman–Crippen LogP) is 2.46. The van der Waals surface area contributed by atoms with Crippen LogP contribution in [0.3, 0.4) is 0 Å². The van der Waals surface area contributed by atoms with E-state index in [4.69, 9.17) is 23.2 Å². The monoisotopic (exact) mass is 387 g/mol. The maximum absolute atomic E-state index is 12.2. The summed E-state index contributed by atoms with van der Waals surface area (Å²) in [5.41, 5.74) is 0.273. The number of rotatable bonds is 4. The maximum Gasteiger partial charge on any atom is 0.267 e. The number of sulfone groups is 1. The van der Waals surface area contributed by atoms with Crippen molar-refractivity contribution in [3.8, 4) is 6.07 Å². The van der Waals surface area contributed by atoms with E-state index >= 15 is 0 Å². The van der Waals surface area contributed by atoms with Gasteiger partial charge in [0.1, 0.15) is 11.6 Å². The fraction of sp³-hybridized carbons (Fsp3) is 0.333. The highest BCUT2D eigenvalue weighted by Crippen LogP contribution is 2.25. The van der Waals surface area contributed by atoms with Crippen LogP contribution >= 0.6 is 23.2 Å². The van der Waals surface area contributed by atoms with Crippen LogP contribution in [-0.2, 0) is 14.6 Å². The molecular weight excluding hydrogens is 373 g/mol. The zero-order valence-corrected chi connectivity index (χ0v) is 15.1. The fourth-order valence-corrected chi connectivity index (χ4v) is 4.40. The lowest BCUT2D eigenvalue weighted by atomic mass is 10.2. The summed E-state index contributed by atoms with van der Waals surface area (Å²) < 4.78 is 23.0. The van der Waals surface area contributed by atoms with Crippen molar-refractivity contribution >= 4 is 44.6 Å². The molecule has 1 heterocycles. The van der Waals surface area contributed by atoms with Gasteiger partial charge in [-0.1, -0.05) is 23.2 Å². The largest absolute Gasteiger partial charge is 0.375 e. The number of nitrogens with one attached hydrogen (secondary N) is 1. The molecule has 1 unspecified atom stereocenters. The predicted molar refractivity (Wildman–Crippen MR) is 93.6 cm³/mol. The van der Waals surface area contributed by atoms with Crippen molar-refractivity contribution in [1.29, 1.82) is 5.26 Å². The molecule has 1 aliphatic heterocycles. The first-order chi connectivity index (χ1) is 11.2. The van der Waals surface area contributed by atoms with Gasteiger partial charge in [0.2, 0.25) is 0 Å². The highest BCUT2D eigenvalue weighted by Gasteiger charge is 2.30. The first kappa shape index (κ1) is 18.6. The van der Waals surface area contributed by atoms with E-state index in [-0.39, 0.29) is 28.1 Å². The molecule has 1 aromatic carbocycles. The zero-order chi connectivity index (χ0) is 17.9. The lowest BCUT2D eigenvalue weighted by Gasteiger charge is -2.21. The molecule has 0 spiro atoms. The smallest absolute Gasteiger partial charge is 0.267 e. The number of nitriles is 1. The van der Waals surface area contributed by atoms with Crippen LogP contribution in [0.25, 0.3) is 0 Å². The SMILES string of the molecule is CN(/C=C(/C#N)C(=O)Nc1ccc(Cl)c(Cl)c1)C1CCS(=O)(=O)C1. The molecule has 0 saturated carbocycles. The number of anilines is 1. The highest BCUT2D eigenvalue weighted by atomic mass is 35.5. The minimum atomic E-state index is -3.04. The summed E-state index contributed by atoms with van der Waals surface area (Å²) in [7, 11) is -1.39. The summed E-state index contributed by atoms with van der Waals surface area (Å²) in [5, 5.41) is 12.4.